The van der Waals surface area contributed by atoms with Crippen LogP contribution in [0.15, 0.2) is 47.4 Å². The molecule has 1 aromatic carbocycles. The van der Waals surface area contributed by atoms with E-state index in [-0.39, 0.29) is 11.0 Å². The zero-order valence-corrected chi connectivity index (χ0v) is 11.8. The molecule has 2 heterocycles. The van der Waals surface area contributed by atoms with Gasteiger partial charge in [-0.25, -0.2) is 9.50 Å². The van der Waals surface area contributed by atoms with Crippen molar-refractivity contribution in [2.45, 2.75) is 26.2 Å². The summed E-state index contributed by atoms with van der Waals surface area (Å²) in [6.45, 7) is 6.54. The number of rotatable bonds is 1. The zero-order valence-electron chi connectivity index (χ0n) is 11.8. The molecule has 0 aliphatic heterocycles. The summed E-state index contributed by atoms with van der Waals surface area (Å²) in [5.74, 6) is 0. The maximum Gasteiger partial charge on any atom is 0.273 e. The molecule has 0 spiro atoms. The number of H-pyrrole nitrogens is 1. The lowest BCUT2D eigenvalue weighted by molar-refractivity contribution is 0.590. The molecule has 4 nitrogen and oxygen atoms in total. The van der Waals surface area contributed by atoms with Gasteiger partial charge in [-0.05, 0) is 11.0 Å². The maximum atomic E-state index is 12.0. The van der Waals surface area contributed by atoms with Gasteiger partial charge in [-0.1, -0.05) is 45.0 Å². The summed E-state index contributed by atoms with van der Waals surface area (Å²) in [6.07, 6.45) is 1.70. The van der Waals surface area contributed by atoms with Crippen LogP contribution in [0.3, 0.4) is 0 Å². The van der Waals surface area contributed by atoms with Crippen molar-refractivity contribution < 1.29 is 0 Å². The van der Waals surface area contributed by atoms with E-state index in [1.807, 2.05) is 12.1 Å². The molecule has 0 atom stereocenters. The molecule has 4 heteroatoms. The molecule has 0 unspecified atom stereocenters. The highest BCUT2D eigenvalue weighted by molar-refractivity contribution is 5.61. The molecule has 0 aliphatic carbocycles. The average molecular weight is 267 g/mol. The Balaban J connectivity index is 2.09. The van der Waals surface area contributed by atoms with E-state index in [0.717, 1.165) is 5.56 Å². The van der Waals surface area contributed by atoms with E-state index in [1.165, 1.54) is 10.1 Å². The van der Waals surface area contributed by atoms with Gasteiger partial charge in [0.2, 0.25) is 0 Å². The van der Waals surface area contributed by atoms with Crippen LogP contribution in [-0.4, -0.2) is 14.6 Å². The first-order valence-electron chi connectivity index (χ1n) is 6.63. The molecule has 0 fully saturated rings. The summed E-state index contributed by atoms with van der Waals surface area (Å²) in [5.41, 5.74) is 3.58. The Kier molecular flexibility index (Phi) is 2.74. The van der Waals surface area contributed by atoms with E-state index in [9.17, 15) is 4.79 Å². The Morgan fingerprint density at radius 3 is 2.45 bits per heavy atom. The molecule has 1 N–H and O–H groups in total. The second-order valence-corrected chi connectivity index (χ2v) is 5.96. The number of aromatic nitrogens is 3. The number of benzene rings is 1. The number of hydrogen-bond donors (Lipinski definition) is 1. The third kappa shape index (κ3) is 2.13. The van der Waals surface area contributed by atoms with Crippen molar-refractivity contribution in [3.05, 3.63) is 58.5 Å². The molecule has 0 radical (unpaired) electrons. The molecule has 3 aromatic rings. The second-order valence-electron chi connectivity index (χ2n) is 5.96. The number of nitrogens with one attached hydrogen (secondary N) is 1. The molecule has 102 valence electrons. The van der Waals surface area contributed by atoms with E-state index in [2.05, 4.69) is 43.0 Å². The van der Waals surface area contributed by atoms with E-state index >= 15 is 0 Å². The highest BCUT2D eigenvalue weighted by Gasteiger charge is 2.13. The van der Waals surface area contributed by atoms with E-state index < -0.39 is 0 Å². The van der Waals surface area contributed by atoms with Gasteiger partial charge in [-0.2, -0.15) is 0 Å². The van der Waals surface area contributed by atoms with Gasteiger partial charge in [0.15, 0.2) is 5.65 Å². The van der Waals surface area contributed by atoms with Crippen molar-refractivity contribution in [3.8, 4) is 11.3 Å². The predicted octanol–water partition coefficient (Wildman–Crippen LogP) is 2.99. The SMILES string of the molecule is CC(C)(C)c1ccc(-c2cc(=O)n3[nH]ccc3n2)cc1. The summed E-state index contributed by atoms with van der Waals surface area (Å²) >= 11 is 0. The van der Waals surface area contributed by atoms with Gasteiger partial charge in [0.25, 0.3) is 5.56 Å². The van der Waals surface area contributed by atoms with Crippen molar-refractivity contribution in [1.82, 2.24) is 14.6 Å². The lowest BCUT2D eigenvalue weighted by Gasteiger charge is -2.19. The van der Waals surface area contributed by atoms with Crippen LogP contribution in [0.2, 0.25) is 0 Å². The van der Waals surface area contributed by atoms with E-state index in [4.69, 9.17) is 0 Å². The van der Waals surface area contributed by atoms with Crippen molar-refractivity contribution >= 4 is 5.65 Å². The third-order valence-corrected chi connectivity index (χ3v) is 3.43. The predicted molar refractivity (Wildman–Crippen MR) is 79.9 cm³/mol. The van der Waals surface area contributed by atoms with Crippen molar-refractivity contribution in [2.24, 2.45) is 0 Å². The van der Waals surface area contributed by atoms with Crippen LogP contribution in [0, 0.1) is 0 Å². The lowest BCUT2D eigenvalue weighted by Crippen LogP contribution is -2.14. The van der Waals surface area contributed by atoms with Crippen molar-refractivity contribution in [2.75, 3.05) is 0 Å². The third-order valence-electron chi connectivity index (χ3n) is 3.43. The fourth-order valence-electron chi connectivity index (χ4n) is 2.22. The highest BCUT2D eigenvalue weighted by atomic mass is 16.1. The molecule has 2 aromatic heterocycles. The Morgan fingerprint density at radius 1 is 1.10 bits per heavy atom. The van der Waals surface area contributed by atoms with Gasteiger partial charge < -0.3 is 0 Å². The highest BCUT2D eigenvalue weighted by Crippen LogP contribution is 2.25. The maximum absolute atomic E-state index is 12.0. The summed E-state index contributed by atoms with van der Waals surface area (Å²) < 4.78 is 1.42. The number of hydrogen-bond acceptors (Lipinski definition) is 2. The van der Waals surface area contributed by atoms with E-state index in [0.29, 0.717) is 11.3 Å². The van der Waals surface area contributed by atoms with Gasteiger partial charge in [-0.3, -0.25) is 9.89 Å². The Bertz CT molecular complexity index is 804. The van der Waals surface area contributed by atoms with Crippen LogP contribution < -0.4 is 5.56 Å². The summed E-state index contributed by atoms with van der Waals surface area (Å²) in [5, 5.41) is 2.84. The van der Waals surface area contributed by atoms with Crippen LogP contribution in [0.25, 0.3) is 16.9 Å². The van der Waals surface area contributed by atoms with Crippen LogP contribution in [0.5, 0.6) is 0 Å². The van der Waals surface area contributed by atoms with Crippen molar-refractivity contribution in [1.29, 1.82) is 0 Å². The van der Waals surface area contributed by atoms with Crippen LogP contribution in [0.1, 0.15) is 26.3 Å². The normalized spacial score (nSPS) is 11.9. The fraction of sp³-hybridized carbons (Fsp3) is 0.250. The molecule has 0 saturated carbocycles. The number of nitrogens with zero attached hydrogens (tertiary/aromatic N) is 2. The lowest BCUT2D eigenvalue weighted by atomic mass is 9.86. The first-order chi connectivity index (χ1) is 9.45. The average Bonchev–Trinajstić information content (AvgIpc) is 2.86. The molecular weight excluding hydrogens is 250 g/mol. The van der Waals surface area contributed by atoms with Gasteiger partial charge in [0.05, 0.1) is 5.69 Å². The van der Waals surface area contributed by atoms with Crippen LogP contribution in [0.4, 0.5) is 0 Å². The molecule has 3 rings (SSSR count). The van der Waals surface area contributed by atoms with E-state index in [1.54, 1.807) is 18.3 Å². The largest absolute Gasteiger partial charge is 0.297 e. The minimum atomic E-state index is -0.102. The molecule has 0 bridgehead atoms. The standard InChI is InChI=1S/C16H17N3O/c1-16(2,3)12-6-4-11(5-7-12)13-10-15(20)19-14(18-13)8-9-17-19/h4-10,17H,1-3H3. The Labute approximate surface area is 117 Å². The van der Waals surface area contributed by atoms with Crippen molar-refractivity contribution in [3.63, 3.8) is 0 Å². The van der Waals surface area contributed by atoms with Gasteiger partial charge in [0.1, 0.15) is 0 Å². The van der Waals surface area contributed by atoms with Gasteiger partial charge in [-0.15, -0.1) is 0 Å². The quantitative estimate of drug-likeness (QED) is 0.737. The number of aromatic amines is 1. The summed E-state index contributed by atoms with van der Waals surface area (Å²) in [4.78, 5) is 16.4. The van der Waals surface area contributed by atoms with Crippen LogP contribution >= 0.6 is 0 Å². The number of fused-ring (bicyclic) bond motifs is 1. The minimum absolute atomic E-state index is 0.102. The summed E-state index contributed by atoms with van der Waals surface area (Å²) in [7, 11) is 0. The smallest absolute Gasteiger partial charge is 0.273 e. The Morgan fingerprint density at radius 2 is 1.80 bits per heavy atom. The first-order valence-corrected chi connectivity index (χ1v) is 6.63. The molecule has 0 saturated heterocycles. The molecule has 20 heavy (non-hydrogen) atoms. The zero-order chi connectivity index (χ0) is 14.3. The monoisotopic (exact) mass is 267 g/mol. The van der Waals surface area contributed by atoms with Gasteiger partial charge >= 0.3 is 0 Å². The molecule has 0 aliphatic rings. The Hall–Kier alpha value is -2.36. The summed E-state index contributed by atoms with van der Waals surface area (Å²) in [6, 6.07) is 11.6. The van der Waals surface area contributed by atoms with Gasteiger partial charge in [0, 0.05) is 23.9 Å². The first kappa shape index (κ1) is 12.7. The topological polar surface area (TPSA) is 50.2 Å². The minimum Gasteiger partial charge on any atom is -0.297 e. The fourth-order valence-corrected chi connectivity index (χ4v) is 2.22. The molecule has 0 amide bonds. The van der Waals surface area contributed by atoms with Crippen LogP contribution in [-0.2, 0) is 5.41 Å². The molecular formula is C16H17N3O. The second kappa shape index (κ2) is 4.34.